The van der Waals surface area contributed by atoms with Crippen molar-refractivity contribution < 1.29 is 14.3 Å². The molecule has 0 aliphatic heterocycles. The van der Waals surface area contributed by atoms with Gasteiger partial charge in [0, 0.05) is 5.56 Å². The molecule has 5 heteroatoms. The third-order valence-corrected chi connectivity index (χ3v) is 4.56. The summed E-state index contributed by atoms with van der Waals surface area (Å²) in [6, 6.07) is 26.4. The predicted octanol–water partition coefficient (Wildman–Crippen LogP) is 3.53. The van der Waals surface area contributed by atoms with Gasteiger partial charge in [-0.25, -0.2) is 0 Å². The zero-order valence-electron chi connectivity index (χ0n) is 16.3. The van der Waals surface area contributed by atoms with Gasteiger partial charge >= 0.3 is 0 Å². The van der Waals surface area contributed by atoms with Crippen molar-refractivity contribution in [2.24, 2.45) is 0 Å². The topological polar surface area (TPSA) is 67.4 Å². The summed E-state index contributed by atoms with van der Waals surface area (Å²) >= 11 is 0. The Morgan fingerprint density at radius 3 is 2.28 bits per heavy atom. The van der Waals surface area contributed by atoms with Crippen LogP contribution >= 0.6 is 0 Å². The highest BCUT2D eigenvalue weighted by atomic mass is 16.5. The molecule has 1 atom stereocenters. The summed E-state index contributed by atoms with van der Waals surface area (Å²) in [6.45, 7) is -0.103. The molecule has 3 rings (SSSR count). The molecule has 0 unspecified atom stereocenters. The number of rotatable bonds is 8. The molecule has 5 nitrogen and oxygen atoms in total. The zero-order valence-corrected chi connectivity index (χ0v) is 16.3. The van der Waals surface area contributed by atoms with Crippen LogP contribution in [-0.2, 0) is 11.2 Å². The number of nitrogens with one attached hydrogen (secondary N) is 2. The van der Waals surface area contributed by atoms with E-state index in [1.165, 1.54) is 0 Å². The van der Waals surface area contributed by atoms with Crippen molar-refractivity contribution in [3.8, 4) is 5.75 Å². The van der Waals surface area contributed by atoms with E-state index in [1.807, 2.05) is 60.7 Å². The molecule has 0 radical (unpaired) electrons. The van der Waals surface area contributed by atoms with Crippen molar-refractivity contribution in [1.29, 1.82) is 0 Å². The number of benzene rings is 3. The van der Waals surface area contributed by atoms with E-state index in [9.17, 15) is 9.59 Å². The van der Waals surface area contributed by atoms with Crippen LogP contribution in [0, 0.1) is 0 Å². The molecule has 0 aliphatic rings. The van der Waals surface area contributed by atoms with E-state index < -0.39 is 0 Å². The molecule has 3 aromatic rings. The van der Waals surface area contributed by atoms with Gasteiger partial charge in [0.25, 0.3) is 5.91 Å². The fourth-order valence-corrected chi connectivity index (χ4v) is 3.06. The Bertz CT molecular complexity index is 943. The Balaban J connectivity index is 1.62. The average Bonchev–Trinajstić information content (AvgIpc) is 2.78. The molecule has 0 aromatic heterocycles. The first-order valence-corrected chi connectivity index (χ1v) is 9.46. The predicted molar refractivity (Wildman–Crippen MR) is 113 cm³/mol. The lowest BCUT2D eigenvalue weighted by Crippen LogP contribution is -2.39. The van der Waals surface area contributed by atoms with Crippen LogP contribution in [0.15, 0.2) is 84.9 Å². The Morgan fingerprint density at radius 2 is 1.59 bits per heavy atom. The number of ether oxygens (including phenoxy) is 1. The normalized spacial score (nSPS) is 11.3. The molecular formula is C24H24N2O3. The van der Waals surface area contributed by atoms with Crippen molar-refractivity contribution in [2.45, 2.75) is 12.5 Å². The molecule has 0 spiro atoms. The van der Waals surface area contributed by atoms with Crippen LogP contribution in [0.3, 0.4) is 0 Å². The van der Waals surface area contributed by atoms with Crippen LogP contribution in [0.4, 0.5) is 0 Å². The van der Waals surface area contributed by atoms with Gasteiger partial charge in [-0.1, -0.05) is 66.7 Å². The molecule has 0 aliphatic carbocycles. The standard InChI is InChI=1S/C24H24N2O3/c1-29-21-14-8-13-20(16-21)24(28)25-17-23(27)26-22(19-11-6-3-7-12-19)15-18-9-4-2-5-10-18/h2-14,16,22H,15,17H2,1H3,(H,25,28)(H,26,27)/t22-/m0/s1. The maximum atomic E-state index is 12.5. The van der Waals surface area contributed by atoms with Gasteiger partial charge in [0.2, 0.25) is 5.91 Å². The number of hydrogen-bond donors (Lipinski definition) is 2. The van der Waals surface area contributed by atoms with Gasteiger partial charge in [0.15, 0.2) is 0 Å². The van der Waals surface area contributed by atoms with Gasteiger partial charge in [-0.2, -0.15) is 0 Å². The Labute approximate surface area is 170 Å². The van der Waals surface area contributed by atoms with E-state index in [0.717, 1.165) is 11.1 Å². The third-order valence-electron chi connectivity index (χ3n) is 4.56. The lowest BCUT2D eigenvalue weighted by atomic mass is 9.99. The number of amides is 2. The molecular weight excluding hydrogens is 364 g/mol. The maximum absolute atomic E-state index is 12.5. The molecule has 0 saturated carbocycles. The van der Waals surface area contributed by atoms with E-state index in [0.29, 0.717) is 17.7 Å². The minimum Gasteiger partial charge on any atom is -0.497 e. The van der Waals surface area contributed by atoms with Gasteiger partial charge in [-0.3, -0.25) is 9.59 Å². The highest BCUT2D eigenvalue weighted by Crippen LogP contribution is 2.18. The number of carbonyl (C=O) groups is 2. The van der Waals surface area contributed by atoms with Crippen LogP contribution in [0.25, 0.3) is 0 Å². The maximum Gasteiger partial charge on any atom is 0.251 e. The molecule has 0 heterocycles. The van der Waals surface area contributed by atoms with Gasteiger partial charge < -0.3 is 15.4 Å². The summed E-state index contributed by atoms with van der Waals surface area (Å²) in [5.41, 5.74) is 2.59. The summed E-state index contributed by atoms with van der Waals surface area (Å²) in [5.74, 6) is 0.0264. The highest BCUT2D eigenvalue weighted by Gasteiger charge is 2.16. The summed E-state index contributed by atoms with van der Waals surface area (Å²) in [6.07, 6.45) is 0.667. The van der Waals surface area contributed by atoms with Crippen molar-refractivity contribution in [3.63, 3.8) is 0 Å². The fourth-order valence-electron chi connectivity index (χ4n) is 3.06. The van der Waals surface area contributed by atoms with Gasteiger partial charge in [-0.05, 0) is 35.7 Å². The lowest BCUT2D eigenvalue weighted by Gasteiger charge is -2.20. The second-order valence-corrected chi connectivity index (χ2v) is 6.64. The molecule has 0 fully saturated rings. The van der Waals surface area contributed by atoms with Crippen LogP contribution in [-0.4, -0.2) is 25.5 Å². The average molecular weight is 388 g/mol. The first kappa shape index (κ1) is 20.1. The molecule has 0 bridgehead atoms. The van der Waals surface area contributed by atoms with Gasteiger partial charge in [0.05, 0.1) is 19.7 Å². The quantitative estimate of drug-likeness (QED) is 0.620. The summed E-state index contributed by atoms with van der Waals surface area (Å²) in [4.78, 5) is 24.8. The highest BCUT2D eigenvalue weighted by molar-refractivity contribution is 5.96. The first-order valence-electron chi connectivity index (χ1n) is 9.46. The van der Waals surface area contributed by atoms with E-state index in [-0.39, 0.29) is 24.4 Å². The molecule has 2 N–H and O–H groups in total. The smallest absolute Gasteiger partial charge is 0.251 e. The Hall–Kier alpha value is -3.60. The first-order chi connectivity index (χ1) is 14.2. The van der Waals surface area contributed by atoms with Gasteiger partial charge in [-0.15, -0.1) is 0 Å². The Morgan fingerprint density at radius 1 is 0.897 bits per heavy atom. The third kappa shape index (κ3) is 5.94. The molecule has 148 valence electrons. The number of hydrogen-bond acceptors (Lipinski definition) is 3. The minimum atomic E-state index is -0.321. The fraction of sp³-hybridized carbons (Fsp3) is 0.167. The summed E-state index contributed by atoms with van der Waals surface area (Å²) in [7, 11) is 1.54. The van der Waals surface area contributed by atoms with E-state index in [1.54, 1.807) is 31.4 Å². The second kappa shape index (κ2) is 10.1. The molecule has 0 saturated heterocycles. The van der Waals surface area contributed by atoms with Crippen molar-refractivity contribution in [3.05, 3.63) is 102 Å². The summed E-state index contributed by atoms with van der Waals surface area (Å²) in [5, 5.41) is 5.70. The zero-order chi connectivity index (χ0) is 20.5. The van der Waals surface area contributed by atoms with Crippen LogP contribution in [0.5, 0.6) is 5.75 Å². The second-order valence-electron chi connectivity index (χ2n) is 6.64. The SMILES string of the molecule is COc1cccc(C(=O)NCC(=O)N[C@@H](Cc2ccccc2)c2ccccc2)c1. The van der Waals surface area contributed by atoms with Gasteiger partial charge in [0.1, 0.15) is 5.75 Å². The number of methoxy groups -OCH3 is 1. The molecule has 2 amide bonds. The Kier molecular flexibility index (Phi) is 7.00. The number of carbonyl (C=O) groups excluding carboxylic acids is 2. The minimum absolute atomic E-state index is 0.103. The van der Waals surface area contributed by atoms with Crippen molar-refractivity contribution in [1.82, 2.24) is 10.6 Å². The largest absolute Gasteiger partial charge is 0.497 e. The molecule has 29 heavy (non-hydrogen) atoms. The monoisotopic (exact) mass is 388 g/mol. The van der Waals surface area contributed by atoms with Crippen LogP contribution in [0.1, 0.15) is 27.5 Å². The van der Waals surface area contributed by atoms with E-state index in [4.69, 9.17) is 4.74 Å². The van der Waals surface area contributed by atoms with Crippen LogP contribution < -0.4 is 15.4 Å². The summed E-state index contributed by atoms with van der Waals surface area (Å²) < 4.78 is 5.13. The molecule has 3 aromatic carbocycles. The van der Waals surface area contributed by atoms with E-state index in [2.05, 4.69) is 10.6 Å². The van der Waals surface area contributed by atoms with Crippen LogP contribution in [0.2, 0.25) is 0 Å². The van der Waals surface area contributed by atoms with E-state index >= 15 is 0 Å². The van der Waals surface area contributed by atoms with Crippen molar-refractivity contribution in [2.75, 3.05) is 13.7 Å². The van der Waals surface area contributed by atoms with Crippen molar-refractivity contribution >= 4 is 11.8 Å². The lowest BCUT2D eigenvalue weighted by molar-refractivity contribution is -0.120.